The summed E-state index contributed by atoms with van der Waals surface area (Å²) in [5, 5.41) is 5.24. The van der Waals surface area contributed by atoms with E-state index in [1.165, 1.54) is 16.4 Å². The normalized spacial score (nSPS) is 11.8. The molecule has 3 rings (SSSR count). The number of hydrogen-bond acceptors (Lipinski definition) is 5. The van der Waals surface area contributed by atoms with Crippen LogP contribution in [0.25, 0.3) is 0 Å². The van der Waals surface area contributed by atoms with Gasteiger partial charge >= 0.3 is 10.7 Å². The van der Waals surface area contributed by atoms with Gasteiger partial charge in [0.2, 0.25) is 5.91 Å². The lowest BCUT2D eigenvalue weighted by Crippen LogP contribution is -2.35. The average molecular weight is 386 g/mol. The molecule has 0 aliphatic carbocycles. The number of aromatic nitrogens is 2. The van der Waals surface area contributed by atoms with E-state index in [0.29, 0.717) is 22.9 Å². The molecule has 1 atom stereocenters. The molecule has 1 unspecified atom stereocenters. The van der Waals surface area contributed by atoms with Crippen LogP contribution >= 0.6 is 11.8 Å². The van der Waals surface area contributed by atoms with Gasteiger partial charge in [0.05, 0.1) is 5.25 Å². The topological polar surface area (TPSA) is 88.2 Å². The van der Waals surface area contributed by atoms with Crippen molar-refractivity contribution < 1.29 is 18.7 Å². The zero-order valence-electron chi connectivity index (χ0n) is 15.0. The number of carbonyl (C=O) groups excluding carboxylic acids is 1. The monoisotopic (exact) mass is 386 g/mol. The average Bonchev–Trinajstić information content (AvgIpc) is 3.00. The molecule has 3 aromatic rings. The Bertz CT molecular complexity index is 951. The lowest BCUT2D eigenvalue weighted by atomic mass is 10.2. The molecule has 0 saturated heterocycles. The lowest BCUT2D eigenvalue weighted by Gasteiger charge is -2.12. The first-order valence-corrected chi connectivity index (χ1v) is 9.32. The van der Waals surface area contributed by atoms with Gasteiger partial charge in [-0.2, -0.15) is 0 Å². The molecule has 8 heteroatoms. The van der Waals surface area contributed by atoms with Crippen molar-refractivity contribution >= 4 is 23.4 Å². The van der Waals surface area contributed by atoms with E-state index in [1.54, 1.807) is 31.3 Å². The lowest BCUT2D eigenvalue weighted by molar-refractivity contribution is -0.772. The van der Waals surface area contributed by atoms with E-state index < -0.39 is 10.9 Å². The molecule has 1 heterocycles. The first-order chi connectivity index (χ1) is 13.1. The molecule has 2 N–H and O–H groups in total. The van der Waals surface area contributed by atoms with Crippen molar-refractivity contribution in [3.63, 3.8) is 0 Å². The third-order valence-corrected chi connectivity index (χ3v) is 5.27. The van der Waals surface area contributed by atoms with Gasteiger partial charge in [-0.3, -0.25) is 9.32 Å². The number of nitrogens with one attached hydrogen (secondary N) is 2. The van der Waals surface area contributed by atoms with Crippen LogP contribution in [0, 0.1) is 0 Å². The second-order valence-electron chi connectivity index (χ2n) is 5.79. The summed E-state index contributed by atoms with van der Waals surface area (Å²) in [4.78, 5) is 24.2. The zero-order chi connectivity index (χ0) is 19.2. The number of thioether (sulfide) groups is 1. The number of para-hydroxylation sites is 1. The molecule has 7 nitrogen and oxygen atoms in total. The number of H-pyrrole nitrogens is 1. The van der Waals surface area contributed by atoms with E-state index in [2.05, 4.69) is 10.6 Å². The van der Waals surface area contributed by atoms with Crippen molar-refractivity contribution in [1.82, 2.24) is 5.27 Å². The maximum atomic E-state index is 12.6. The third kappa shape index (κ3) is 4.79. The SMILES string of the molecule is CCC(Sc1c(=O)o[nH][n+]1C)C(=O)Nc1ccc(Oc2ccccc2)cc1. The summed E-state index contributed by atoms with van der Waals surface area (Å²) >= 11 is 1.17. The van der Waals surface area contributed by atoms with Crippen molar-refractivity contribution in [3.8, 4) is 11.5 Å². The molecule has 0 aliphatic heterocycles. The molecule has 140 valence electrons. The van der Waals surface area contributed by atoms with Gasteiger partial charge in [-0.05, 0) is 59.9 Å². The second kappa shape index (κ2) is 8.59. The minimum absolute atomic E-state index is 0.181. The number of carbonyl (C=O) groups is 1. The number of ether oxygens (including phenoxy) is 1. The number of benzene rings is 2. The third-order valence-electron chi connectivity index (χ3n) is 3.77. The fraction of sp³-hybridized carbons (Fsp3) is 0.211. The zero-order valence-corrected chi connectivity index (χ0v) is 15.8. The summed E-state index contributed by atoms with van der Waals surface area (Å²) in [6.07, 6.45) is 0.566. The summed E-state index contributed by atoms with van der Waals surface area (Å²) in [7, 11) is 1.66. The van der Waals surface area contributed by atoms with Crippen molar-refractivity contribution in [2.45, 2.75) is 23.6 Å². The molecule has 0 bridgehead atoms. The van der Waals surface area contributed by atoms with Crippen molar-refractivity contribution in [1.29, 1.82) is 0 Å². The molecular weight excluding hydrogens is 366 g/mol. The fourth-order valence-corrected chi connectivity index (χ4v) is 3.31. The van der Waals surface area contributed by atoms with Crippen molar-refractivity contribution in [3.05, 3.63) is 65.0 Å². The van der Waals surface area contributed by atoms with Gasteiger partial charge in [0.15, 0.2) is 7.05 Å². The van der Waals surface area contributed by atoms with Crippen LogP contribution in [0.2, 0.25) is 0 Å². The molecule has 0 spiro atoms. The summed E-state index contributed by atoms with van der Waals surface area (Å²) in [5.41, 5.74) is 0.168. The van der Waals surface area contributed by atoms with Gasteiger partial charge < -0.3 is 10.1 Å². The molecule has 0 aliphatic rings. The highest BCUT2D eigenvalue weighted by atomic mass is 32.2. The molecule has 1 amide bonds. The van der Waals surface area contributed by atoms with Gasteiger partial charge in [-0.15, -0.1) is 0 Å². The maximum absolute atomic E-state index is 12.6. The van der Waals surface area contributed by atoms with Crippen LogP contribution in [-0.4, -0.2) is 16.4 Å². The minimum atomic E-state index is -0.490. The van der Waals surface area contributed by atoms with Crippen molar-refractivity contribution in [2.75, 3.05) is 5.32 Å². The van der Waals surface area contributed by atoms with Crippen LogP contribution in [0.15, 0.2) is 68.9 Å². The Balaban J connectivity index is 1.63. The number of anilines is 1. The molecule has 0 saturated carbocycles. The Kier molecular flexibility index (Phi) is 5.97. The highest BCUT2D eigenvalue weighted by molar-refractivity contribution is 8.00. The van der Waals surface area contributed by atoms with Gasteiger partial charge in [0.1, 0.15) is 11.5 Å². The number of rotatable bonds is 7. The predicted molar refractivity (Wildman–Crippen MR) is 102 cm³/mol. The van der Waals surface area contributed by atoms with Gasteiger partial charge in [-0.25, -0.2) is 4.79 Å². The maximum Gasteiger partial charge on any atom is 0.441 e. The number of nitrogens with zero attached hydrogens (tertiary/aromatic N) is 1. The van der Waals surface area contributed by atoms with Gasteiger partial charge in [0.25, 0.3) is 0 Å². The van der Waals surface area contributed by atoms with Gasteiger partial charge in [-0.1, -0.05) is 29.8 Å². The Labute approximate surface area is 160 Å². The molecular formula is C19H20N3O4S+. The van der Waals surface area contributed by atoms with Crippen molar-refractivity contribution in [2.24, 2.45) is 7.05 Å². The molecule has 0 fully saturated rings. The van der Waals surface area contributed by atoms with E-state index in [4.69, 9.17) is 9.26 Å². The Morgan fingerprint density at radius 3 is 2.44 bits per heavy atom. The number of aryl methyl sites for hydroxylation is 1. The van der Waals surface area contributed by atoms with E-state index in [0.717, 1.165) is 5.75 Å². The molecule has 27 heavy (non-hydrogen) atoms. The number of aromatic amines is 1. The van der Waals surface area contributed by atoms with Crippen LogP contribution in [-0.2, 0) is 11.8 Å². The minimum Gasteiger partial charge on any atom is -0.457 e. The van der Waals surface area contributed by atoms with E-state index in [9.17, 15) is 9.59 Å². The summed E-state index contributed by atoms with van der Waals surface area (Å²) in [6, 6.07) is 16.6. The predicted octanol–water partition coefficient (Wildman–Crippen LogP) is 3.09. The van der Waals surface area contributed by atoms with E-state index >= 15 is 0 Å². The van der Waals surface area contributed by atoms with E-state index in [-0.39, 0.29) is 5.91 Å². The molecule has 0 radical (unpaired) electrons. The highest BCUT2D eigenvalue weighted by Crippen LogP contribution is 2.24. The van der Waals surface area contributed by atoms with Gasteiger partial charge in [0, 0.05) is 5.69 Å². The first-order valence-electron chi connectivity index (χ1n) is 8.45. The Morgan fingerprint density at radius 1 is 1.19 bits per heavy atom. The van der Waals surface area contributed by atoms with Crippen LogP contribution in [0.4, 0.5) is 5.69 Å². The summed E-state index contributed by atoms with van der Waals surface area (Å²) < 4.78 is 11.9. The Morgan fingerprint density at radius 2 is 1.85 bits per heavy atom. The Hall–Kier alpha value is -3.00. The van der Waals surface area contributed by atoms with E-state index in [1.807, 2.05) is 37.3 Å². The van der Waals surface area contributed by atoms with Crippen LogP contribution in [0.1, 0.15) is 13.3 Å². The van der Waals surface area contributed by atoms with Crippen LogP contribution in [0.3, 0.4) is 0 Å². The molecule has 2 aromatic carbocycles. The fourth-order valence-electron chi connectivity index (χ4n) is 2.37. The standard InChI is InChI=1S/C19H19N3O4S/c1-3-16(27-18-19(24)26-21-22(18)2)17(23)20-13-9-11-15(12-10-13)25-14-7-5-4-6-8-14/h4-12,16H,3H2,1-2H3,(H-,20,21,23,24)/p+1. The smallest absolute Gasteiger partial charge is 0.441 e. The van der Waals surface area contributed by atoms with Crippen LogP contribution in [0.5, 0.6) is 11.5 Å². The quantitative estimate of drug-likeness (QED) is 0.481. The number of amides is 1. The number of hydrogen-bond donors (Lipinski definition) is 2. The largest absolute Gasteiger partial charge is 0.457 e. The molecule has 1 aromatic heterocycles. The van der Waals surface area contributed by atoms with Crippen LogP contribution < -0.4 is 20.4 Å². The highest BCUT2D eigenvalue weighted by Gasteiger charge is 2.27. The summed E-state index contributed by atoms with van der Waals surface area (Å²) in [6.45, 7) is 1.89. The second-order valence-corrected chi connectivity index (χ2v) is 6.98. The summed E-state index contributed by atoms with van der Waals surface area (Å²) in [5.74, 6) is 1.24. The first kappa shape index (κ1) is 18.8.